The summed E-state index contributed by atoms with van der Waals surface area (Å²) in [6.07, 6.45) is 1.59. The second kappa shape index (κ2) is 11.5. The van der Waals surface area contributed by atoms with Crippen molar-refractivity contribution in [3.8, 4) is 11.5 Å². The molecule has 0 bridgehead atoms. The van der Waals surface area contributed by atoms with Crippen LogP contribution in [0.4, 0.5) is 23.0 Å². The number of nitrogens with zero attached hydrogens (tertiary/aromatic N) is 3. The number of aryl methyl sites for hydroxylation is 1. The highest BCUT2D eigenvalue weighted by atomic mass is 32.2. The van der Waals surface area contributed by atoms with Crippen molar-refractivity contribution in [1.82, 2.24) is 15.0 Å². The van der Waals surface area contributed by atoms with Gasteiger partial charge >= 0.3 is 0 Å². The third kappa shape index (κ3) is 6.17. The molecule has 0 unspecified atom stereocenters. The molecule has 12 heteroatoms. The van der Waals surface area contributed by atoms with Gasteiger partial charge in [-0.15, -0.1) is 0 Å². The average molecular weight is 571 g/mol. The number of methoxy groups -OCH3 is 2. The van der Waals surface area contributed by atoms with Crippen LogP contribution in [-0.2, 0) is 10.0 Å². The van der Waals surface area contributed by atoms with Gasteiger partial charge in [-0.25, -0.2) is 18.4 Å². The Morgan fingerprint density at radius 3 is 2.12 bits per heavy atom. The number of aromatic nitrogens is 3. The van der Waals surface area contributed by atoms with Crippen molar-refractivity contribution in [2.75, 3.05) is 29.6 Å². The monoisotopic (exact) mass is 570 g/mol. The van der Waals surface area contributed by atoms with Gasteiger partial charge in [0, 0.05) is 41.5 Å². The first-order valence-electron chi connectivity index (χ1n) is 12.4. The first-order chi connectivity index (χ1) is 19.8. The number of pyridine rings is 1. The summed E-state index contributed by atoms with van der Waals surface area (Å²) in [4.78, 5) is 26.0. The molecular weight excluding hydrogens is 544 g/mol. The van der Waals surface area contributed by atoms with Gasteiger partial charge in [0.05, 0.1) is 35.7 Å². The predicted molar refractivity (Wildman–Crippen MR) is 157 cm³/mol. The Morgan fingerprint density at radius 1 is 0.780 bits per heavy atom. The molecule has 1 amide bonds. The third-order valence-corrected chi connectivity index (χ3v) is 7.41. The molecule has 0 fully saturated rings. The predicted octanol–water partition coefficient (Wildman–Crippen LogP) is 5.15. The smallest absolute Gasteiger partial charge is 0.263 e. The lowest BCUT2D eigenvalue weighted by atomic mass is 10.2. The van der Waals surface area contributed by atoms with Crippen LogP contribution in [0.1, 0.15) is 16.1 Å². The lowest BCUT2D eigenvalue weighted by Gasteiger charge is -2.15. The summed E-state index contributed by atoms with van der Waals surface area (Å²) in [6.45, 7) is 1.72. The summed E-state index contributed by atoms with van der Waals surface area (Å²) in [7, 11) is -1.10. The molecule has 0 saturated heterocycles. The van der Waals surface area contributed by atoms with Crippen LogP contribution in [0.5, 0.6) is 11.5 Å². The van der Waals surface area contributed by atoms with E-state index >= 15 is 0 Å². The molecular formula is C29H26N6O5S. The van der Waals surface area contributed by atoms with Crippen LogP contribution in [0.25, 0.3) is 11.0 Å². The van der Waals surface area contributed by atoms with Crippen LogP contribution >= 0.6 is 0 Å². The zero-order chi connectivity index (χ0) is 29.0. The summed E-state index contributed by atoms with van der Waals surface area (Å²) in [5.41, 5.74) is 2.83. The van der Waals surface area contributed by atoms with Crippen LogP contribution in [0, 0.1) is 6.92 Å². The number of amides is 1. The second-order valence-corrected chi connectivity index (χ2v) is 10.5. The van der Waals surface area contributed by atoms with Crippen molar-refractivity contribution in [2.45, 2.75) is 11.8 Å². The lowest BCUT2D eigenvalue weighted by Crippen LogP contribution is -2.17. The lowest BCUT2D eigenvalue weighted by molar-refractivity contribution is 0.102. The van der Waals surface area contributed by atoms with E-state index in [0.29, 0.717) is 45.2 Å². The van der Waals surface area contributed by atoms with E-state index in [1.807, 2.05) is 6.07 Å². The second-order valence-electron chi connectivity index (χ2n) is 8.86. The maximum atomic E-state index is 13.5. The summed E-state index contributed by atoms with van der Waals surface area (Å²) in [5, 5.41) is 5.86. The SMILES string of the molecule is COc1cc(Nc2nc3ccccc3nc2NS(=O)(=O)c2cccc(NC(=O)c3cccnc3C)c2)cc(OC)c1. The largest absolute Gasteiger partial charge is 0.497 e. The molecule has 3 aromatic carbocycles. The van der Waals surface area contributed by atoms with E-state index in [1.54, 1.807) is 67.7 Å². The van der Waals surface area contributed by atoms with Crippen LogP contribution < -0.4 is 24.8 Å². The standard InChI is InChI=1S/C29H26N6O5S/c1-18-24(10-7-13-30-18)29(36)32-19-8-6-9-23(16-19)41(37,38)35-28-27(33-25-11-4-5-12-26(25)34-28)31-20-14-21(39-2)17-22(15-20)40-3/h4-17H,1-3H3,(H,31,33)(H,32,36)(H,34,35). The number of ether oxygens (including phenoxy) is 2. The summed E-state index contributed by atoms with van der Waals surface area (Å²) >= 11 is 0. The molecule has 3 N–H and O–H groups in total. The van der Waals surface area contributed by atoms with E-state index in [2.05, 4.69) is 30.3 Å². The first kappa shape index (κ1) is 27.3. The molecule has 41 heavy (non-hydrogen) atoms. The van der Waals surface area contributed by atoms with Crippen LogP contribution in [0.3, 0.4) is 0 Å². The topological polar surface area (TPSA) is 144 Å². The van der Waals surface area contributed by atoms with Gasteiger partial charge in [-0.05, 0) is 49.4 Å². The zero-order valence-electron chi connectivity index (χ0n) is 22.4. The molecule has 5 rings (SSSR count). The molecule has 208 valence electrons. The molecule has 0 saturated carbocycles. The van der Waals surface area contributed by atoms with Gasteiger partial charge in [-0.2, -0.15) is 0 Å². The fourth-order valence-corrected chi connectivity index (χ4v) is 5.08. The van der Waals surface area contributed by atoms with Crippen LogP contribution in [0.15, 0.2) is 90.0 Å². The first-order valence-corrected chi connectivity index (χ1v) is 13.9. The van der Waals surface area contributed by atoms with Gasteiger partial charge in [-0.3, -0.25) is 14.5 Å². The molecule has 0 spiro atoms. The van der Waals surface area contributed by atoms with E-state index in [1.165, 1.54) is 32.4 Å². The Balaban J connectivity index is 1.48. The number of carbonyl (C=O) groups excluding carboxylic acids is 1. The highest BCUT2D eigenvalue weighted by molar-refractivity contribution is 7.92. The Labute approximate surface area is 236 Å². The zero-order valence-corrected chi connectivity index (χ0v) is 23.2. The molecule has 0 aliphatic carbocycles. The quantitative estimate of drug-likeness (QED) is 0.219. The number of carbonyl (C=O) groups is 1. The summed E-state index contributed by atoms with van der Waals surface area (Å²) in [6, 6.07) is 21.5. The van der Waals surface area contributed by atoms with Gasteiger partial charge in [-0.1, -0.05) is 18.2 Å². The van der Waals surface area contributed by atoms with Gasteiger partial charge in [0.1, 0.15) is 11.5 Å². The van der Waals surface area contributed by atoms with Crippen molar-refractivity contribution >= 4 is 50.0 Å². The fraction of sp³-hybridized carbons (Fsp3) is 0.103. The Bertz CT molecular complexity index is 1840. The van der Waals surface area contributed by atoms with Crippen LogP contribution in [0.2, 0.25) is 0 Å². The van der Waals surface area contributed by atoms with Crippen molar-refractivity contribution in [3.05, 3.63) is 96.3 Å². The van der Waals surface area contributed by atoms with Crippen molar-refractivity contribution in [1.29, 1.82) is 0 Å². The van der Waals surface area contributed by atoms with E-state index in [4.69, 9.17) is 9.47 Å². The highest BCUT2D eigenvalue weighted by Gasteiger charge is 2.20. The van der Waals surface area contributed by atoms with Gasteiger partial charge in [0.2, 0.25) is 0 Å². The molecule has 5 aromatic rings. The van der Waals surface area contributed by atoms with Gasteiger partial charge in [0.15, 0.2) is 11.6 Å². The van der Waals surface area contributed by atoms with Crippen molar-refractivity contribution < 1.29 is 22.7 Å². The van der Waals surface area contributed by atoms with E-state index in [9.17, 15) is 13.2 Å². The number of fused-ring (bicyclic) bond motifs is 1. The number of anilines is 4. The average Bonchev–Trinajstić information content (AvgIpc) is 2.97. The Morgan fingerprint density at radius 2 is 1.46 bits per heavy atom. The third-order valence-electron chi connectivity index (χ3n) is 6.07. The molecule has 11 nitrogen and oxygen atoms in total. The number of hydrogen-bond acceptors (Lipinski definition) is 9. The maximum absolute atomic E-state index is 13.5. The molecule has 0 radical (unpaired) electrons. The van der Waals surface area contributed by atoms with Crippen molar-refractivity contribution in [3.63, 3.8) is 0 Å². The Kier molecular flexibility index (Phi) is 7.66. The highest BCUT2D eigenvalue weighted by Crippen LogP contribution is 2.31. The number of rotatable bonds is 9. The van der Waals surface area contributed by atoms with E-state index in [0.717, 1.165) is 0 Å². The summed E-state index contributed by atoms with van der Waals surface area (Å²) < 4.78 is 40.3. The van der Waals surface area contributed by atoms with Gasteiger partial charge in [0.25, 0.3) is 15.9 Å². The minimum atomic E-state index is -4.16. The molecule has 2 aromatic heterocycles. The fourth-order valence-electron chi connectivity index (χ4n) is 4.02. The summed E-state index contributed by atoms with van der Waals surface area (Å²) in [5.74, 6) is 0.801. The molecule has 0 aliphatic rings. The minimum absolute atomic E-state index is 0.0223. The maximum Gasteiger partial charge on any atom is 0.263 e. The molecule has 2 heterocycles. The van der Waals surface area contributed by atoms with Crippen LogP contribution in [-0.4, -0.2) is 43.5 Å². The number of benzene rings is 3. The number of nitrogens with one attached hydrogen (secondary N) is 3. The molecule has 0 aliphatic heterocycles. The normalized spacial score (nSPS) is 11.1. The minimum Gasteiger partial charge on any atom is -0.497 e. The molecule has 0 atom stereocenters. The number of sulfonamides is 1. The van der Waals surface area contributed by atoms with E-state index in [-0.39, 0.29) is 16.5 Å². The Hall–Kier alpha value is -5.23. The van der Waals surface area contributed by atoms with E-state index < -0.39 is 15.9 Å². The number of hydrogen-bond donors (Lipinski definition) is 3. The van der Waals surface area contributed by atoms with Gasteiger partial charge < -0.3 is 20.1 Å². The van der Waals surface area contributed by atoms with Crippen molar-refractivity contribution in [2.24, 2.45) is 0 Å². The number of para-hydroxylation sites is 2.